The highest BCUT2D eigenvalue weighted by Crippen LogP contribution is 2.26. The number of rotatable bonds is 54. The van der Waals surface area contributed by atoms with Gasteiger partial charge in [0.25, 0.3) is 0 Å². The molecule has 11 heteroatoms. The van der Waals surface area contributed by atoms with E-state index in [9.17, 15) is 35.1 Å². The maximum absolute atomic E-state index is 13.4. The molecule has 1 heterocycles. The number of carbonyl (C=O) groups is 2. The van der Waals surface area contributed by atoms with E-state index in [4.69, 9.17) is 14.2 Å². The van der Waals surface area contributed by atoms with E-state index in [0.717, 1.165) is 122 Å². The number of nitrogens with one attached hydrogen (secondary N) is 1. The minimum absolute atomic E-state index is 0.0943. The molecule has 464 valence electrons. The van der Waals surface area contributed by atoms with Gasteiger partial charge in [0.2, 0.25) is 5.91 Å². The maximum Gasteiger partial charge on any atom is 0.306 e. The van der Waals surface area contributed by atoms with Gasteiger partial charge >= 0.3 is 5.97 Å². The molecule has 0 aromatic heterocycles. The van der Waals surface area contributed by atoms with Crippen molar-refractivity contribution < 1.29 is 49.3 Å². The summed E-state index contributed by atoms with van der Waals surface area (Å²) in [5.41, 5.74) is 0. The lowest BCUT2D eigenvalue weighted by atomic mass is 9.99. The van der Waals surface area contributed by atoms with E-state index in [1.807, 2.05) is 6.08 Å². The van der Waals surface area contributed by atoms with Crippen LogP contribution in [0.2, 0.25) is 0 Å². The standard InChI is InChI=1S/C70H119NO10/c1-4-7-10-13-16-19-22-24-26-28-30-32-34-36-38-40-43-46-49-52-55-58-65(75)81-68-67(77)66(76)64(59-72)80-70(68)79-60-61(62(73)56-53-50-47-44-41-21-18-15-12-9-6-3)71-69(78)63(74)57-54-51-48-45-42-39-37-35-33-31-29-27-25-23-20-17-14-11-8-5-2/h16-17,19-20,24-27,30-33,36-39,53,56,61-64,66-68,70,72-74,76-77H,4-15,18,21-23,28-29,34-35,40-52,54-55,57-60H2,1-3H3,(H,71,78)/b19-16-,20-17-,26-24-,27-25-,32-30-,33-31-,38-36-,39-37-,56-53+. The van der Waals surface area contributed by atoms with Gasteiger partial charge in [-0.15, -0.1) is 0 Å². The van der Waals surface area contributed by atoms with Crippen LogP contribution in [-0.2, 0) is 23.8 Å². The molecule has 0 aromatic carbocycles. The summed E-state index contributed by atoms with van der Waals surface area (Å²) in [6.07, 6.45) is 66.9. The zero-order chi connectivity index (χ0) is 58.9. The van der Waals surface area contributed by atoms with E-state index in [1.165, 1.54) is 89.9 Å². The Morgan fingerprint density at radius 2 is 0.852 bits per heavy atom. The van der Waals surface area contributed by atoms with Crippen molar-refractivity contribution in [2.24, 2.45) is 0 Å². The minimum Gasteiger partial charge on any atom is -0.454 e. The third-order valence-corrected chi connectivity index (χ3v) is 14.6. The molecule has 6 N–H and O–H groups in total. The van der Waals surface area contributed by atoms with E-state index in [2.05, 4.69) is 123 Å². The van der Waals surface area contributed by atoms with Crippen LogP contribution in [0.3, 0.4) is 0 Å². The van der Waals surface area contributed by atoms with Gasteiger partial charge in [0.05, 0.1) is 25.4 Å². The maximum atomic E-state index is 13.4. The van der Waals surface area contributed by atoms with Crippen molar-refractivity contribution in [3.63, 3.8) is 0 Å². The molecule has 0 saturated carbocycles. The number of allylic oxidation sites excluding steroid dienone is 17. The molecular formula is C70H119NO10. The van der Waals surface area contributed by atoms with E-state index in [1.54, 1.807) is 6.08 Å². The minimum atomic E-state index is -1.63. The normalized spacial score (nSPS) is 19.4. The van der Waals surface area contributed by atoms with E-state index >= 15 is 0 Å². The Hall–Kier alpha value is -3.68. The number of aliphatic hydroxyl groups excluding tert-OH is 5. The predicted molar refractivity (Wildman–Crippen MR) is 338 cm³/mol. The second kappa shape index (κ2) is 56.8. The Kier molecular flexibility index (Phi) is 52.8. The van der Waals surface area contributed by atoms with Crippen LogP contribution in [-0.4, -0.2) is 99.6 Å². The fourth-order valence-corrected chi connectivity index (χ4v) is 9.44. The van der Waals surface area contributed by atoms with Gasteiger partial charge in [-0.1, -0.05) is 246 Å². The van der Waals surface area contributed by atoms with Crippen molar-refractivity contribution in [1.82, 2.24) is 5.32 Å². The number of amides is 1. The van der Waals surface area contributed by atoms with Crippen molar-refractivity contribution in [3.05, 3.63) is 109 Å². The molecule has 0 bridgehead atoms. The summed E-state index contributed by atoms with van der Waals surface area (Å²) in [6, 6.07) is -1.05. The van der Waals surface area contributed by atoms with E-state index in [-0.39, 0.29) is 19.4 Å². The molecule has 0 spiro atoms. The summed E-state index contributed by atoms with van der Waals surface area (Å²) >= 11 is 0. The molecule has 1 fully saturated rings. The number of unbranched alkanes of at least 4 members (excludes halogenated alkanes) is 24. The van der Waals surface area contributed by atoms with Gasteiger partial charge in [-0.2, -0.15) is 0 Å². The molecule has 0 radical (unpaired) electrons. The summed E-state index contributed by atoms with van der Waals surface area (Å²) in [7, 11) is 0. The average Bonchev–Trinajstić information content (AvgIpc) is 3.50. The molecule has 1 aliphatic heterocycles. The van der Waals surface area contributed by atoms with Crippen LogP contribution in [0.4, 0.5) is 0 Å². The van der Waals surface area contributed by atoms with Gasteiger partial charge in [-0.3, -0.25) is 9.59 Å². The monoisotopic (exact) mass is 1130 g/mol. The highest BCUT2D eigenvalue weighted by molar-refractivity contribution is 5.80. The second-order valence-electron chi connectivity index (χ2n) is 22.1. The molecule has 8 atom stereocenters. The van der Waals surface area contributed by atoms with Crippen molar-refractivity contribution in [2.75, 3.05) is 13.2 Å². The van der Waals surface area contributed by atoms with Gasteiger partial charge in [0, 0.05) is 6.42 Å². The van der Waals surface area contributed by atoms with Crippen molar-refractivity contribution in [1.29, 1.82) is 0 Å². The highest BCUT2D eigenvalue weighted by atomic mass is 16.7. The third-order valence-electron chi connectivity index (χ3n) is 14.6. The number of aliphatic hydroxyl groups is 5. The summed E-state index contributed by atoms with van der Waals surface area (Å²) in [5, 5.41) is 57.0. The van der Waals surface area contributed by atoms with Crippen LogP contribution in [0, 0.1) is 0 Å². The molecule has 0 aliphatic carbocycles. The van der Waals surface area contributed by atoms with Crippen molar-refractivity contribution >= 4 is 11.9 Å². The van der Waals surface area contributed by atoms with Crippen LogP contribution in [0.15, 0.2) is 109 Å². The fourth-order valence-electron chi connectivity index (χ4n) is 9.44. The van der Waals surface area contributed by atoms with Gasteiger partial charge in [0.1, 0.15) is 24.4 Å². The van der Waals surface area contributed by atoms with E-state index < -0.39 is 67.4 Å². The zero-order valence-corrected chi connectivity index (χ0v) is 51.4. The zero-order valence-electron chi connectivity index (χ0n) is 51.4. The molecule has 8 unspecified atom stereocenters. The number of hydrogen-bond donors (Lipinski definition) is 6. The van der Waals surface area contributed by atoms with Crippen LogP contribution in [0.5, 0.6) is 0 Å². The van der Waals surface area contributed by atoms with Gasteiger partial charge in [-0.05, 0) is 116 Å². The first-order valence-electron chi connectivity index (χ1n) is 32.7. The Morgan fingerprint density at radius 1 is 0.481 bits per heavy atom. The van der Waals surface area contributed by atoms with Crippen LogP contribution < -0.4 is 5.32 Å². The Morgan fingerprint density at radius 3 is 1.30 bits per heavy atom. The lowest BCUT2D eigenvalue weighted by Gasteiger charge is -2.41. The molecule has 1 rings (SSSR count). The van der Waals surface area contributed by atoms with Crippen LogP contribution in [0.25, 0.3) is 0 Å². The summed E-state index contributed by atoms with van der Waals surface area (Å²) in [4.78, 5) is 26.6. The third kappa shape index (κ3) is 44.5. The molecule has 0 aromatic rings. The largest absolute Gasteiger partial charge is 0.454 e. The molecule has 81 heavy (non-hydrogen) atoms. The first-order valence-corrected chi connectivity index (χ1v) is 32.7. The van der Waals surface area contributed by atoms with Gasteiger partial charge < -0.3 is 45.1 Å². The molecule has 1 saturated heterocycles. The number of esters is 1. The molecule has 1 amide bonds. The first kappa shape index (κ1) is 75.3. The molecule has 1 aliphatic rings. The summed E-state index contributed by atoms with van der Waals surface area (Å²) in [5.74, 6) is -1.24. The Bertz CT molecular complexity index is 1730. The van der Waals surface area contributed by atoms with Crippen molar-refractivity contribution in [3.8, 4) is 0 Å². The topological polar surface area (TPSA) is 175 Å². The summed E-state index contributed by atoms with van der Waals surface area (Å²) in [6.45, 7) is 5.70. The lowest BCUT2D eigenvalue weighted by Crippen LogP contribution is -2.61. The number of ether oxygens (including phenoxy) is 3. The lowest BCUT2D eigenvalue weighted by molar-refractivity contribution is -0.305. The Balaban J connectivity index is 2.67. The smallest absolute Gasteiger partial charge is 0.306 e. The number of carbonyl (C=O) groups excluding carboxylic acids is 2. The quantitative estimate of drug-likeness (QED) is 0.0195. The van der Waals surface area contributed by atoms with Gasteiger partial charge in [-0.25, -0.2) is 0 Å². The van der Waals surface area contributed by atoms with Gasteiger partial charge in [0.15, 0.2) is 12.4 Å². The van der Waals surface area contributed by atoms with Crippen molar-refractivity contribution in [2.45, 2.75) is 307 Å². The average molecular weight is 1130 g/mol. The van der Waals surface area contributed by atoms with Crippen LogP contribution >= 0.6 is 0 Å². The van der Waals surface area contributed by atoms with Crippen LogP contribution in [0.1, 0.15) is 258 Å². The molecular weight excluding hydrogens is 1010 g/mol. The predicted octanol–water partition coefficient (Wildman–Crippen LogP) is 16.1. The second-order valence-corrected chi connectivity index (χ2v) is 22.1. The first-order chi connectivity index (χ1) is 39.7. The Labute approximate surface area is 494 Å². The fraction of sp³-hybridized carbons (Fsp3) is 0.714. The summed E-state index contributed by atoms with van der Waals surface area (Å²) < 4.78 is 17.6. The SMILES string of the molecule is CCCCC/C=C\C/C=C\C/C=C\C/C=C\CCCCCCCC(=O)OC1C(OCC(NC(=O)C(O)CCCCCC/C=C\C/C=C\C/C=C\C/C=C\CCCCC)C(O)/C=C/CCCCCCCCCCC)OC(CO)C(O)C1O. The van der Waals surface area contributed by atoms with E-state index in [0.29, 0.717) is 12.8 Å². The highest BCUT2D eigenvalue weighted by Gasteiger charge is 2.47. The number of hydrogen-bond acceptors (Lipinski definition) is 10. The molecule has 11 nitrogen and oxygen atoms in total.